The number of nitrogens with one attached hydrogen (secondary N) is 1. The van der Waals surface area contributed by atoms with Crippen molar-refractivity contribution in [3.63, 3.8) is 0 Å². The Morgan fingerprint density at radius 3 is 2.81 bits per heavy atom. The second-order valence-corrected chi connectivity index (χ2v) is 4.24. The molecule has 0 atom stereocenters. The highest BCUT2D eigenvalue weighted by Crippen LogP contribution is 2.19. The first-order chi connectivity index (χ1) is 7.63. The fourth-order valence-corrected chi connectivity index (χ4v) is 1.84. The molecule has 1 aliphatic carbocycles. The number of carbonyl (C=O) groups is 1. The predicted octanol–water partition coefficient (Wildman–Crippen LogP) is 0.574. The summed E-state index contributed by atoms with van der Waals surface area (Å²) in [6.45, 7) is 0. The number of rotatable bonds is 3. The van der Waals surface area contributed by atoms with Crippen molar-refractivity contribution in [1.29, 1.82) is 0 Å². The van der Waals surface area contributed by atoms with Crippen LogP contribution in [0.5, 0.6) is 5.75 Å². The quantitative estimate of drug-likeness (QED) is 0.699. The van der Waals surface area contributed by atoms with Crippen molar-refractivity contribution in [3.8, 4) is 5.75 Å². The van der Waals surface area contributed by atoms with E-state index in [1.54, 1.807) is 24.3 Å². The fraction of sp³-hybridized carbons (Fsp3) is 0.417. The number of amides is 1. The number of carbonyl (C=O) groups excluding carboxylic acids is 1. The lowest BCUT2D eigenvalue weighted by Gasteiger charge is -2.31. The molecule has 0 aromatic heterocycles. The Bertz CT molecular complexity index is 386. The van der Waals surface area contributed by atoms with Crippen molar-refractivity contribution in [2.75, 3.05) is 0 Å². The zero-order valence-corrected chi connectivity index (χ0v) is 8.89. The van der Waals surface area contributed by atoms with E-state index in [2.05, 4.69) is 5.32 Å². The third kappa shape index (κ3) is 2.73. The normalized spacial score (nSPS) is 23.6. The largest absolute Gasteiger partial charge is 0.508 e. The summed E-state index contributed by atoms with van der Waals surface area (Å²) in [7, 11) is 0. The smallest absolute Gasteiger partial charge is 0.224 e. The summed E-state index contributed by atoms with van der Waals surface area (Å²) in [6, 6.07) is 6.78. The van der Waals surface area contributed by atoms with Crippen LogP contribution in [0.25, 0.3) is 0 Å². The standard InChI is InChI=1S/C12H15NO3/c14-10-3-1-2-8(4-10)5-12(16)13-9-6-11(15)7-9/h1-4,9,11,14-15H,5-7H2,(H,13,16). The molecule has 2 rings (SSSR count). The van der Waals surface area contributed by atoms with Crippen LogP contribution in [0.15, 0.2) is 24.3 Å². The maximum Gasteiger partial charge on any atom is 0.224 e. The number of aliphatic hydroxyl groups excluding tert-OH is 1. The van der Waals surface area contributed by atoms with Gasteiger partial charge in [0, 0.05) is 6.04 Å². The number of aliphatic hydroxyl groups is 1. The van der Waals surface area contributed by atoms with Gasteiger partial charge in [-0.05, 0) is 30.5 Å². The monoisotopic (exact) mass is 221 g/mol. The van der Waals surface area contributed by atoms with Gasteiger partial charge in [0.1, 0.15) is 5.75 Å². The summed E-state index contributed by atoms with van der Waals surface area (Å²) >= 11 is 0. The number of benzene rings is 1. The van der Waals surface area contributed by atoms with E-state index >= 15 is 0 Å². The van der Waals surface area contributed by atoms with Crippen LogP contribution in [-0.4, -0.2) is 28.3 Å². The van der Waals surface area contributed by atoms with E-state index in [0.29, 0.717) is 12.8 Å². The van der Waals surface area contributed by atoms with Crippen molar-refractivity contribution in [2.24, 2.45) is 0 Å². The van der Waals surface area contributed by atoms with Gasteiger partial charge < -0.3 is 15.5 Å². The zero-order valence-electron chi connectivity index (χ0n) is 8.89. The molecule has 1 saturated carbocycles. The second-order valence-electron chi connectivity index (χ2n) is 4.24. The minimum absolute atomic E-state index is 0.0671. The Balaban J connectivity index is 1.83. The second kappa shape index (κ2) is 4.53. The molecule has 0 unspecified atom stereocenters. The van der Waals surface area contributed by atoms with Gasteiger partial charge in [-0.3, -0.25) is 4.79 Å². The molecular formula is C12H15NO3. The predicted molar refractivity (Wildman–Crippen MR) is 59.0 cm³/mol. The van der Waals surface area contributed by atoms with E-state index in [9.17, 15) is 9.90 Å². The first-order valence-corrected chi connectivity index (χ1v) is 5.39. The van der Waals surface area contributed by atoms with Crippen LogP contribution in [0, 0.1) is 0 Å². The average Bonchev–Trinajstić information content (AvgIpc) is 2.15. The molecule has 4 heteroatoms. The molecule has 1 aromatic carbocycles. The van der Waals surface area contributed by atoms with E-state index in [1.807, 2.05) is 0 Å². The van der Waals surface area contributed by atoms with Gasteiger partial charge in [-0.15, -0.1) is 0 Å². The van der Waals surface area contributed by atoms with Crippen LogP contribution in [0.4, 0.5) is 0 Å². The van der Waals surface area contributed by atoms with Gasteiger partial charge in [0.15, 0.2) is 0 Å². The van der Waals surface area contributed by atoms with Crippen molar-refractivity contribution in [3.05, 3.63) is 29.8 Å². The first-order valence-electron chi connectivity index (χ1n) is 5.39. The highest BCUT2D eigenvalue weighted by molar-refractivity contribution is 5.79. The Kier molecular flexibility index (Phi) is 3.10. The van der Waals surface area contributed by atoms with Gasteiger partial charge in [-0.1, -0.05) is 12.1 Å². The van der Waals surface area contributed by atoms with Gasteiger partial charge in [0.25, 0.3) is 0 Å². The number of hydrogen-bond acceptors (Lipinski definition) is 3. The van der Waals surface area contributed by atoms with Crippen LogP contribution in [0.2, 0.25) is 0 Å². The minimum Gasteiger partial charge on any atom is -0.508 e. The van der Waals surface area contributed by atoms with Gasteiger partial charge >= 0.3 is 0 Å². The molecule has 86 valence electrons. The number of aromatic hydroxyl groups is 1. The topological polar surface area (TPSA) is 69.6 Å². The molecule has 0 heterocycles. The van der Waals surface area contributed by atoms with Crippen LogP contribution < -0.4 is 5.32 Å². The van der Waals surface area contributed by atoms with E-state index in [-0.39, 0.29) is 30.2 Å². The molecule has 0 saturated heterocycles. The highest BCUT2D eigenvalue weighted by Gasteiger charge is 2.28. The van der Waals surface area contributed by atoms with E-state index in [1.165, 1.54) is 0 Å². The molecule has 0 spiro atoms. The van der Waals surface area contributed by atoms with Gasteiger partial charge in [0.05, 0.1) is 12.5 Å². The lowest BCUT2D eigenvalue weighted by atomic mass is 9.89. The number of phenols is 1. The Labute approximate surface area is 93.9 Å². The summed E-state index contributed by atoms with van der Waals surface area (Å²) in [4.78, 5) is 11.6. The van der Waals surface area contributed by atoms with Gasteiger partial charge in [-0.2, -0.15) is 0 Å². The molecule has 1 fully saturated rings. The highest BCUT2D eigenvalue weighted by atomic mass is 16.3. The van der Waals surface area contributed by atoms with Crippen LogP contribution >= 0.6 is 0 Å². The maximum absolute atomic E-state index is 11.6. The van der Waals surface area contributed by atoms with E-state index in [0.717, 1.165) is 5.56 Å². The van der Waals surface area contributed by atoms with E-state index in [4.69, 9.17) is 5.11 Å². The van der Waals surface area contributed by atoms with Crippen LogP contribution in [0.3, 0.4) is 0 Å². The first kappa shape index (κ1) is 11.0. The Morgan fingerprint density at radius 2 is 2.19 bits per heavy atom. The molecule has 1 aromatic rings. The molecule has 1 aliphatic rings. The SMILES string of the molecule is O=C(Cc1cccc(O)c1)NC1CC(O)C1. The summed E-state index contributed by atoms with van der Waals surface area (Å²) in [5.41, 5.74) is 0.789. The average molecular weight is 221 g/mol. The van der Waals surface area contributed by atoms with Crippen molar-refractivity contribution in [2.45, 2.75) is 31.4 Å². The van der Waals surface area contributed by atoms with Crippen LogP contribution in [0.1, 0.15) is 18.4 Å². The Hall–Kier alpha value is -1.55. The molecule has 4 nitrogen and oxygen atoms in total. The summed E-state index contributed by atoms with van der Waals surface area (Å²) in [5, 5.41) is 21.1. The zero-order chi connectivity index (χ0) is 11.5. The molecule has 3 N–H and O–H groups in total. The van der Waals surface area contributed by atoms with Crippen molar-refractivity contribution >= 4 is 5.91 Å². The third-order valence-electron chi connectivity index (χ3n) is 2.75. The minimum atomic E-state index is -0.258. The fourth-order valence-electron chi connectivity index (χ4n) is 1.84. The lowest BCUT2D eigenvalue weighted by Crippen LogP contribution is -2.47. The summed E-state index contributed by atoms with van der Waals surface area (Å²) in [6.07, 6.45) is 1.30. The Morgan fingerprint density at radius 1 is 1.44 bits per heavy atom. The third-order valence-corrected chi connectivity index (χ3v) is 2.75. The van der Waals surface area contributed by atoms with Gasteiger partial charge in [0.2, 0.25) is 5.91 Å². The molecule has 0 bridgehead atoms. The van der Waals surface area contributed by atoms with Crippen LogP contribution in [-0.2, 0) is 11.2 Å². The lowest BCUT2D eigenvalue weighted by molar-refractivity contribution is -0.122. The summed E-state index contributed by atoms with van der Waals surface area (Å²) in [5.74, 6) is 0.104. The molecule has 16 heavy (non-hydrogen) atoms. The molecule has 0 aliphatic heterocycles. The number of phenolic OH excluding ortho intramolecular Hbond substituents is 1. The molecular weight excluding hydrogens is 206 g/mol. The van der Waals surface area contributed by atoms with Crippen molar-refractivity contribution < 1.29 is 15.0 Å². The van der Waals surface area contributed by atoms with Crippen molar-refractivity contribution in [1.82, 2.24) is 5.32 Å². The van der Waals surface area contributed by atoms with E-state index < -0.39 is 0 Å². The van der Waals surface area contributed by atoms with Gasteiger partial charge in [-0.25, -0.2) is 0 Å². The molecule has 1 amide bonds. The maximum atomic E-state index is 11.6. The molecule has 0 radical (unpaired) electrons. The number of hydrogen-bond donors (Lipinski definition) is 3. The summed E-state index contributed by atoms with van der Waals surface area (Å²) < 4.78 is 0.